The molecule has 4 nitrogen and oxygen atoms in total. The van der Waals surface area contributed by atoms with E-state index in [-0.39, 0.29) is 0 Å². The third-order valence-electron chi connectivity index (χ3n) is 1.77. The summed E-state index contributed by atoms with van der Waals surface area (Å²) >= 11 is 0. The van der Waals surface area contributed by atoms with Gasteiger partial charge in [0, 0.05) is 5.92 Å². The maximum Gasteiger partial charge on any atom is 0.212 e. The molecule has 11 heavy (non-hydrogen) atoms. The molecule has 1 aliphatic rings. The standard InChI is InChI=1S/C7H9N3O/c11-4-9-6-3-8-7(10-6)5-1-2-5/h3-5H,1-2H2,(H,8,10)(H,9,11). The van der Waals surface area contributed by atoms with Crippen molar-refractivity contribution in [1.82, 2.24) is 9.97 Å². The fourth-order valence-electron chi connectivity index (χ4n) is 1.04. The van der Waals surface area contributed by atoms with Crippen molar-refractivity contribution in [3.63, 3.8) is 0 Å². The zero-order valence-corrected chi connectivity index (χ0v) is 6.00. The molecule has 58 valence electrons. The molecule has 0 saturated heterocycles. The van der Waals surface area contributed by atoms with Crippen molar-refractivity contribution in [2.75, 3.05) is 5.32 Å². The number of nitrogens with zero attached hydrogens (tertiary/aromatic N) is 1. The predicted octanol–water partition coefficient (Wildman–Crippen LogP) is 0.855. The summed E-state index contributed by atoms with van der Waals surface area (Å²) in [4.78, 5) is 17.2. The van der Waals surface area contributed by atoms with Crippen LogP contribution in [0.5, 0.6) is 0 Å². The Morgan fingerprint density at radius 2 is 2.55 bits per heavy atom. The molecule has 1 aromatic rings. The highest BCUT2D eigenvalue weighted by molar-refractivity contribution is 5.68. The Kier molecular flexibility index (Phi) is 1.38. The number of hydrogen-bond donors (Lipinski definition) is 2. The third-order valence-corrected chi connectivity index (χ3v) is 1.77. The number of hydrogen-bond acceptors (Lipinski definition) is 2. The molecule has 0 atom stereocenters. The Labute approximate surface area is 64.0 Å². The van der Waals surface area contributed by atoms with Crippen LogP contribution in [0.25, 0.3) is 0 Å². The number of aromatic nitrogens is 2. The number of nitrogens with one attached hydrogen (secondary N) is 2. The molecule has 1 saturated carbocycles. The van der Waals surface area contributed by atoms with E-state index < -0.39 is 0 Å². The average molecular weight is 151 g/mol. The monoisotopic (exact) mass is 151 g/mol. The molecule has 4 heteroatoms. The first-order chi connectivity index (χ1) is 5.40. The van der Waals surface area contributed by atoms with Crippen molar-refractivity contribution in [3.8, 4) is 0 Å². The molecule has 1 amide bonds. The quantitative estimate of drug-likeness (QED) is 0.629. The van der Waals surface area contributed by atoms with Crippen molar-refractivity contribution >= 4 is 12.2 Å². The van der Waals surface area contributed by atoms with Gasteiger partial charge in [0.2, 0.25) is 6.41 Å². The van der Waals surface area contributed by atoms with E-state index >= 15 is 0 Å². The summed E-state index contributed by atoms with van der Waals surface area (Å²) in [6.45, 7) is 0. The largest absolute Gasteiger partial charge is 0.328 e. The van der Waals surface area contributed by atoms with Crippen LogP contribution >= 0.6 is 0 Å². The molecule has 1 heterocycles. The first-order valence-corrected chi connectivity index (χ1v) is 3.65. The number of imidazole rings is 1. The van der Waals surface area contributed by atoms with Crippen molar-refractivity contribution in [1.29, 1.82) is 0 Å². The highest BCUT2D eigenvalue weighted by Crippen LogP contribution is 2.38. The van der Waals surface area contributed by atoms with E-state index in [4.69, 9.17) is 0 Å². The van der Waals surface area contributed by atoms with Gasteiger partial charge in [-0.2, -0.15) is 0 Å². The summed E-state index contributed by atoms with van der Waals surface area (Å²) in [6.07, 6.45) is 4.72. The van der Waals surface area contributed by atoms with E-state index in [0.29, 0.717) is 18.1 Å². The van der Waals surface area contributed by atoms with Gasteiger partial charge in [0.15, 0.2) is 0 Å². The van der Waals surface area contributed by atoms with Crippen LogP contribution in [-0.2, 0) is 4.79 Å². The van der Waals surface area contributed by atoms with Crippen LogP contribution in [0.3, 0.4) is 0 Å². The number of aromatic amines is 1. The van der Waals surface area contributed by atoms with Gasteiger partial charge >= 0.3 is 0 Å². The van der Waals surface area contributed by atoms with Crippen LogP contribution < -0.4 is 5.32 Å². The summed E-state index contributed by atoms with van der Waals surface area (Å²) in [5.41, 5.74) is 0. The molecule has 2 N–H and O–H groups in total. The maximum absolute atomic E-state index is 10.0. The van der Waals surface area contributed by atoms with E-state index in [0.717, 1.165) is 5.82 Å². The van der Waals surface area contributed by atoms with Crippen LogP contribution in [0.4, 0.5) is 5.82 Å². The Morgan fingerprint density at radius 3 is 3.18 bits per heavy atom. The lowest BCUT2D eigenvalue weighted by atomic mass is 10.4. The maximum atomic E-state index is 10.0. The van der Waals surface area contributed by atoms with E-state index in [1.165, 1.54) is 12.8 Å². The molecule has 2 rings (SSSR count). The van der Waals surface area contributed by atoms with Crippen LogP contribution in [-0.4, -0.2) is 16.4 Å². The second-order valence-electron chi connectivity index (χ2n) is 2.72. The summed E-state index contributed by atoms with van der Waals surface area (Å²) in [5.74, 6) is 2.29. The van der Waals surface area contributed by atoms with Crippen LogP contribution in [0.15, 0.2) is 6.20 Å². The molecular formula is C7H9N3O. The van der Waals surface area contributed by atoms with Crippen LogP contribution in [0, 0.1) is 0 Å². The molecular weight excluding hydrogens is 142 g/mol. The molecule has 0 aliphatic heterocycles. The van der Waals surface area contributed by atoms with Gasteiger partial charge < -0.3 is 10.3 Å². The zero-order valence-electron chi connectivity index (χ0n) is 6.00. The number of rotatable bonds is 3. The normalized spacial score (nSPS) is 16.4. The fourth-order valence-corrected chi connectivity index (χ4v) is 1.04. The summed E-state index contributed by atoms with van der Waals surface area (Å²) in [6, 6.07) is 0. The number of carbonyl (C=O) groups excluding carboxylic acids is 1. The van der Waals surface area contributed by atoms with Gasteiger partial charge in [0.25, 0.3) is 0 Å². The Morgan fingerprint density at radius 1 is 1.73 bits per heavy atom. The van der Waals surface area contributed by atoms with Gasteiger partial charge in [0.1, 0.15) is 11.6 Å². The van der Waals surface area contributed by atoms with Crippen LogP contribution in [0.2, 0.25) is 0 Å². The smallest absolute Gasteiger partial charge is 0.212 e. The highest BCUT2D eigenvalue weighted by atomic mass is 16.1. The minimum absolute atomic E-state index is 0.609. The van der Waals surface area contributed by atoms with Gasteiger partial charge in [-0.3, -0.25) is 4.79 Å². The van der Waals surface area contributed by atoms with E-state index in [1.54, 1.807) is 6.20 Å². The number of carbonyl (C=O) groups is 1. The van der Waals surface area contributed by atoms with Crippen LogP contribution in [0.1, 0.15) is 24.6 Å². The SMILES string of the molecule is O=CNc1cnc(C2CC2)[nH]1. The Hall–Kier alpha value is -1.32. The third kappa shape index (κ3) is 1.24. The molecule has 1 aromatic heterocycles. The van der Waals surface area contributed by atoms with Gasteiger partial charge in [-0.1, -0.05) is 0 Å². The van der Waals surface area contributed by atoms with Gasteiger partial charge in [-0.15, -0.1) is 0 Å². The van der Waals surface area contributed by atoms with E-state index in [1.807, 2.05) is 0 Å². The average Bonchev–Trinajstić information content (AvgIpc) is 2.75. The molecule has 0 spiro atoms. The molecule has 0 aromatic carbocycles. The molecule has 0 unspecified atom stereocenters. The van der Waals surface area contributed by atoms with Crippen molar-refractivity contribution in [2.45, 2.75) is 18.8 Å². The van der Waals surface area contributed by atoms with Crippen molar-refractivity contribution < 1.29 is 4.79 Å². The topological polar surface area (TPSA) is 57.8 Å². The van der Waals surface area contributed by atoms with Gasteiger partial charge in [-0.25, -0.2) is 4.98 Å². The second-order valence-corrected chi connectivity index (χ2v) is 2.72. The minimum atomic E-state index is 0.609. The minimum Gasteiger partial charge on any atom is -0.328 e. The Balaban J connectivity index is 2.11. The Bertz CT molecular complexity index is 264. The number of H-pyrrole nitrogens is 1. The molecule has 0 radical (unpaired) electrons. The molecule has 1 fully saturated rings. The zero-order chi connectivity index (χ0) is 7.68. The highest BCUT2D eigenvalue weighted by Gasteiger charge is 2.26. The first-order valence-electron chi connectivity index (χ1n) is 3.65. The first kappa shape index (κ1) is 6.39. The summed E-state index contributed by atoms with van der Waals surface area (Å²) < 4.78 is 0. The number of amides is 1. The van der Waals surface area contributed by atoms with E-state index in [9.17, 15) is 4.79 Å². The fraction of sp³-hybridized carbons (Fsp3) is 0.429. The lowest BCUT2D eigenvalue weighted by Crippen LogP contribution is -1.93. The molecule has 1 aliphatic carbocycles. The summed E-state index contributed by atoms with van der Waals surface area (Å²) in [5, 5.41) is 2.51. The number of anilines is 1. The second kappa shape index (κ2) is 2.38. The lowest BCUT2D eigenvalue weighted by Gasteiger charge is -1.89. The van der Waals surface area contributed by atoms with Gasteiger partial charge in [0.05, 0.1) is 6.20 Å². The molecule has 0 bridgehead atoms. The van der Waals surface area contributed by atoms with Crippen molar-refractivity contribution in [2.24, 2.45) is 0 Å². The predicted molar refractivity (Wildman–Crippen MR) is 40.2 cm³/mol. The van der Waals surface area contributed by atoms with Crippen molar-refractivity contribution in [3.05, 3.63) is 12.0 Å². The lowest BCUT2D eigenvalue weighted by molar-refractivity contribution is -0.105. The van der Waals surface area contributed by atoms with E-state index in [2.05, 4.69) is 15.3 Å². The summed E-state index contributed by atoms with van der Waals surface area (Å²) in [7, 11) is 0. The van der Waals surface area contributed by atoms with Gasteiger partial charge in [-0.05, 0) is 12.8 Å².